The van der Waals surface area contributed by atoms with Crippen molar-refractivity contribution in [3.05, 3.63) is 52.0 Å². The average molecular weight is 325 g/mol. The molecule has 0 unspecified atom stereocenters. The first-order chi connectivity index (χ1) is 9.95. The van der Waals surface area contributed by atoms with Crippen molar-refractivity contribution in [3.8, 4) is 5.75 Å². The molecule has 0 aliphatic heterocycles. The number of carboxylic acids is 1. The maximum absolute atomic E-state index is 10.7. The first-order valence-electron chi connectivity index (χ1n) is 5.86. The first kappa shape index (κ1) is 15.3. The molecule has 0 aromatic heterocycles. The topological polar surface area (TPSA) is 82.2 Å². The van der Waals surface area contributed by atoms with Crippen LogP contribution in [0.3, 0.4) is 0 Å². The predicted molar refractivity (Wildman–Crippen MR) is 80.1 cm³/mol. The number of azo groups is 1. The second-order valence-corrected chi connectivity index (χ2v) is 5.02. The van der Waals surface area contributed by atoms with Gasteiger partial charge in [0.2, 0.25) is 0 Å². The van der Waals surface area contributed by atoms with Crippen molar-refractivity contribution in [1.82, 2.24) is 0 Å². The molecule has 0 radical (unpaired) electrons. The minimum Gasteiger partial charge on any atom is -0.508 e. The standard InChI is InChI=1S/C14H10Cl2N2O3/c15-9-1-3-11(16)12(7-9)18-17-10-2-4-13(19)8(5-10)6-14(20)21/h1-5,7,19H,6H2,(H,20,21). The summed E-state index contributed by atoms with van der Waals surface area (Å²) in [6.45, 7) is 0. The van der Waals surface area contributed by atoms with Gasteiger partial charge in [0.25, 0.3) is 0 Å². The van der Waals surface area contributed by atoms with E-state index in [-0.39, 0.29) is 17.7 Å². The minimum atomic E-state index is -1.04. The molecule has 2 aromatic rings. The Morgan fingerprint density at radius 3 is 2.57 bits per heavy atom. The fourth-order valence-corrected chi connectivity index (χ4v) is 1.93. The van der Waals surface area contributed by atoms with Gasteiger partial charge in [0.15, 0.2) is 0 Å². The van der Waals surface area contributed by atoms with Crippen LogP contribution < -0.4 is 0 Å². The highest BCUT2D eigenvalue weighted by Gasteiger charge is 2.07. The SMILES string of the molecule is O=C(O)Cc1cc(N=Nc2cc(Cl)ccc2Cl)ccc1O. The van der Waals surface area contributed by atoms with Crippen LogP contribution in [0.2, 0.25) is 10.0 Å². The van der Waals surface area contributed by atoms with Gasteiger partial charge in [0.1, 0.15) is 11.4 Å². The number of phenols is 1. The van der Waals surface area contributed by atoms with E-state index in [1.165, 1.54) is 18.2 Å². The summed E-state index contributed by atoms with van der Waals surface area (Å²) in [5, 5.41) is 27.1. The minimum absolute atomic E-state index is 0.0999. The van der Waals surface area contributed by atoms with Crippen molar-refractivity contribution in [2.45, 2.75) is 6.42 Å². The monoisotopic (exact) mass is 324 g/mol. The zero-order valence-corrected chi connectivity index (χ0v) is 12.1. The number of aliphatic carboxylic acids is 1. The summed E-state index contributed by atoms with van der Waals surface area (Å²) < 4.78 is 0. The van der Waals surface area contributed by atoms with Gasteiger partial charge in [-0.25, -0.2) is 0 Å². The second kappa shape index (κ2) is 6.56. The van der Waals surface area contributed by atoms with Gasteiger partial charge in [-0.3, -0.25) is 4.79 Å². The van der Waals surface area contributed by atoms with E-state index in [1.54, 1.807) is 18.2 Å². The summed E-state index contributed by atoms with van der Waals surface area (Å²) >= 11 is 11.8. The van der Waals surface area contributed by atoms with Gasteiger partial charge < -0.3 is 10.2 Å². The zero-order chi connectivity index (χ0) is 15.4. The molecule has 108 valence electrons. The molecular weight excluding hydrogens is 315 g/mol. The van der Waals surface area contributed by atoms with Gasteiger partial charge in [-0.05, 0) is 36.4 Å². The number of carbonyl (C=O) groups is 1. The summed E-state index contributed by atoms with van der Waals surface area (Å²) in [6, 6.07) is 9.13. The quantitative estimate of drug-likeness (QED) is 0.796. The second-order valence-electron chi connectivity index (χ2n) is 4.18. The lowest BCUT2D eigenvalue weighted by atomic mass is 10.1. The lowest BCUT2D eigenvalue weighted by Crippen LogP contribution is -1.99. The Bertz CT molecular complexity index is 717. The van der Waals surface area contributed by atoms with Crippen LogP contribution in [0.15, 0.2) is 46.6 Å². The van der Waals surface area contributed by atoms with Crippen LogP contribution in [0.25, 0.3) is 0 Å². The molecule has 0 amide bonds. The largest absolute Gasteiger partial charge is 0.508 e. The van der Waals surface area contributed by atoms with Crippen molar-refractivity contribution < 1.29 is 15.0 Å². The predicted octanol–water partition coefficient (Wildman–Crippen LogP) is 4.74. The van der Waals surface area contributed by atoms with E-state index < -0.39 is 5.97 Å². The summed E-state index contributed by atoms with van der Waals surface area (Å²) in [4.78, 5) is 10.7. The summed E-state index contributed by atoms with van der Waals surface area (Å²) in [6.07, 6.45) is -0.298. The number of phenolic OH excluding ortho intramolecular Hbond substituents is 1. The highest BCUT2D eigenvalue weighted by atomic mass is 35.5. The molecule has 2 N–H and O–H groups in total. The number of benzene rings is 2. The Hall–Kier alpha value is -2.11. The molecule has 0 atom stereocenters. The van der Waals surface area contributed by atoms with Gasteiger partial charge >= 0.3 is 5.97 Å². The van der Waals surface area contributed by atoms with Crippen molar-refractivity contribution in [1.29, 1.82) is 0 Å². The Kier molecular flexibility index (Phi) is 4.77. The number of rotatable bonds is 4. The Morgan fingerprint density at radius 2 is 1.86 bits per heavy atom. The average Bonchev–Trinajstić information content (AvgIpc) is 2.42. The van der Waals surface area contributed by atoms with Crippen LogP contribution in [0.4, 0.5) is 11.4 Å². The zero-order valence-electron chi connectivity index (χ0n) is 10.6. The van der Waals surface area contributed by atoms with Crippen molar-refractivity contribution in [2.24, 2.45) is 10.2 Å². The highest BCUT2D eigenvalue weighted by molar-refractivity contribution is 6.35. The number of carboxylic acid groups (broad SMARTS) is 1. The molecule has 0 bridgehead atoms. The van der Waals surface area contributed by atoms with Gasteiger partial charge in [-0.2, -0.15) is 5.11 Å². The number of hydrogen-bond donors (Lipinski definition) is 2. The van der Waals surface area contributed by atoms with E-state index in [0.29, 0.717) is 21.4 Å². The third-order valence-corrected chi connectivity index (χ3v) is 3.14. The molecule has 7 heteroatoms. The van der Waals surface area contributed by atoms with Crippen LogP contribution >= 0.6 is 23.2 Å². The smallest absolute Gasteiger partial charge is 0.307 e. The molecule has 2 rings (SSSR count). The van der Waals surface area contributed by atoms with Gasteiger partial charge in [0.05, 0.1) is 17.1 Å². The fraction of sp³-hybridized carbons (Fsp3) is 0.0714. The van der Waals surface area contributed by atoms with E-state index >= 15 is 0 Å². The van der Waals surface area contributed by atoms with Gasteiger partial charge in [0, 0.05) is 10.6 Å². The number of nitrogens with zero attached hydrogens (tertiary/aromatic N) is 2. The lowest BCUT2D eigenvalue weighted by Gasteiger charge is -2.02. The van der Waals surface area contributed by atoms with Gasteiger partial charge in [-0.15, -0.1) is 5.11 Å². The highest BCUT2D eigenvalue weighted by Crippen LogP contribution is 2.30. The number of aromatic hydroxyl groups is 1. The third kappa shape index (κ3) is 4.18. The van der Waals surface area contributed by atoms with Crippen LogP contribution in [0.5, 0.6) is 5.75 Å². The Morgan fingerprint density at radius 1 is 1.10 bits per heavy atom. The number of halogens is 2. The molecule has 0 aliphatic rings. The molecule has 5 nitrogen and oxygen atoms in total. The summed E-state index contributed by atoms with van der Waals surface area (Å²) in [5.41, 5.74) is 1.06. The van der Waals surface area contributed by atoms with Crippen LogP contribution in [-0.4, -0.2) is 16.2 Å². The molecule has 21 heavy (non-hydrogen) atoms. The number of hydrogen-bond acceptors (Lipinski definition) is 4. The fourth-order valence-electron chi connectivity index (χ4n) is 1.61. The first-order valence-corrected chi connectivity index (χ1v) is 6.62. The van der Waals surface area contributed by atoms with E-state index in [0.717, 1.165) is 0 Å². The molecule has 0 heterocycles. The lowest BCUT2D eigenvalue weighted by molar-refractivity contribution is -0.136. The molecule has 2 aromatic carbocycles. The normalized spacial score (nSPS) is 11.0. The maximum atomic E-state index is 10.7. The van der Waals surface area contributed by atoms with Crippen molar-refractivity contribution in [3.63, 3.8) is 0 Å². The third-order valence-electron chi connectivity index (χ3n) is 2.59. The molecule has 0 saturated heterocycles. The Labute approximate surface area is 130 Å². The Balaban J connectivity index is 2.28. The van der Waals surface area contributed by atoms with Gasteiger partial charge in [-0.1, -0.05) is 23.2 Å². The summed E-state index contributed by atoms with van der Waals surface area (Å²) in [5.74, 6) is -1.14. The van der Waals surface area contributed by atoms with Crippen LogP contribution in [0.1, 0.15) is 5.56 Å². The molecular formula is C14H10Cl2N2O3. The molecule has 0 fully saturated rings. The summed E-state index contributed by atoms with van der Waals surface area (Å²) in [7, 11) is 0. The molecule has 0 saturated carbocycles. The van der Waals surface area contributed by atoms with Crippen LogP contribution in [0, 0.1) is 0 Å². The van der Waals surface area contributed by atoms with Crippen LogP contribution in [-0.2, 0) is 11.2 Å². The molecule has 0 aliphatic carbocycles. The van der Waals surface area contributed by atoms with E-state index in [4.69, 9.17) is 28.3 Å². The molecule has 0 spiro atoms. The van der Waals surface area contributed by atoms with E-state index in [9.17, 15) is 9.90 Å². The van der Waals surface area contributed by atoms with E-state index in [1.807, 2.05) is 0 Å². The van der Waals surface area contributed by atoms with Crippen molar-refractivity contribution in [2.75, 3.05) is 0 Å². The maximum Gasteiger partial charge on any atom is 0.307 e. The van der Waals surface area contributed by atoms with E-state index in [2.05, 4.69) is 10.2 Å². The van der Waals surface area contributed by atoms with Crippen molar-refractivity contribution >= 4 is 40.5 Å².